The zero-order chi connectivity index (χ0) is 16.3. The molecule has 0 aliphatic carbocycles. The van der Waals surface area contributed by atoms with Gasteiger partial charge in [-0.1, -0.05) is 51.8 Å². The Balaban J connectivity index is 2.14. The van der Waals surface area contributed by atoms with Crippen LogP contribution in [0.2, 0.25) is 0 Å². The van der Waals surface area contributed by atoms with Crippen molar-refractivity contribution in [2.24, 2.45) is 4.99 Å². The molecule has 22 heavy (non-hydrogen) atoms. The van der Waals surface area contributed by atoms with Crippen molar-refractivity contribution in [2.75, 3.05) is 13.6 Å². The van der Waals surface area contributed by atoms with Crippen LogP contribution >= 0.6 is 11.8 Å². The molecule has 0 aromatic heterocycles. The maximum absolute atomic E-state index is 12.3. The summed E-state index contributed by atoms with van der Waals surface area (Å²) < 4.78 is 0. The van der Waals surface area contributed by atoms with E-state index in [9.17, 15) is 9.59 Å². The van der Waals surface area contributed by atoms with Gasteiger partial charge in [0.1, 0.15) is 0 Å². The third-order valence-electron chi connectivity index (χ3n) is 3.92. The minimum atomic E-state index is -0.395. The lowest BCUT2D eigenvalue weighted by molar-refractivity contribution is -0.127. The second kappa shape index (κ2) is 7.35. The predicted octanol–water partition coefficient (Wildman–Crippen LogP) is 2.26. The standard InChI is InChI=1S/C15H26N4O2S/c1-5-6-7-8-9-19-11-12(16-15(19)22-10(2)3)18(4)14(21)17-13(11)20/h10-12H,5-9H2,1-4H3,(H,17,20,21). The highest BCUT2D eigenvalue weighted by molar-refractivity contribution is 8.14. The van der Waals surface area contributed by atoms with Crippen molar-refractivity contribution in [3.05, 3.63) is 0 Å². The van der Waals surface area contributed by atoms with Crippen molar-refractivity contribution in [1.82, 2.24) is 15.1 Å². The summed E-state index contributed by atoms with van der Waals surface area (Å²) in [6.07, 6.45) is 4.19. The van der Waals surface area contributed by atoms with Crippen LogP contribution in [0.4, 0.5) is 4.79 Å². The Morgan fingerprint density at radius 1 is 1.27 bits per heavy atom. The average molecular weight is 326 g/mol. The maximum Gasteiger partial charge on any atom is 0.325 e. The first-order chi connectivity index (χ1) is 10.5. The van der Waals surface area contributed by atoms with Crippen LogP contribution in [0.5, 0.6) is 0 Å². The molecular formula is C15H26N4O2S. The minimum Gasteiger partial charge on any atom is -0.336 e. The highest BCUT2D eigenvalue weighted by Gasteiger charge is 2.48. The molecule has 6 nitrogen and oxygen atoms in total. The second-order valence-electron chi connectivity index (χ2n) is 6.10. The third kappa shape index (κ3) is 3.56. The lowest BCUT2D eigenvalue weighted by atomic mass is 10.1. The Hall–Kier alpha value is -1.24. The molecule has 0 saturated carbocycles. The molecule has 2 unspecified atom stereocenters. The fourth-order valence-electron chi connectivity index (χ4n) is 2.75. The van der Waals surface area contributed by atoms with Gasteiger partial charge in [-0.15, -0.1) is 0 Å². The van der Waals surface area contributed by atoms with Crippen molar-refractivity contribution in [3.63, 3.8) is 0 Å². The van der Waals surface area contributed by atoms with Gasteiger partial charge < -0.3 is 9.80 Å². The molecule has 124 valence electrons. The number of urea groups is 1. The number of fused-ring (bicyclic) bond motifs is 1. The zero-order valence-corrected chi connectivity index (χ0v) is 14.7. The van der Waals surface area contributed by atoms with E-state index in [4.69, 9.17) is 0 Å². The Bertz CT molecular complexity index is 466. The van der Waals surface area contributed by atoms with Gasteiger partial charge in [-0.2, -0.15) is 0 Å². The molecule has 2 rings (SSSR count). The molecule has 2 heterocycles. The summed E-state index contributed by atoms with van der Waals surface area (Å²) in [5.41, 5.74) is 0. The number of unbranched alkanes of at least 4 members (excludes halogenated alkanes) is 3. The van der Waals surface area contributed by atoms with E-state index in [2.05, 4.69) is 36.0 Å². The number of likely N-dealkylation sites (N-methyl/N-ethyl adjacent to an activating group) is 1. The van der Waals surface area contributed by atoms with E-state index in [1.807, 2.05) is 0 Å². The quantitative estimate of drug-likeness (QED) is 0.760. The summed E-state index contributed by atoms with van der Waals surface area (Å²) in [5.74, 6) is -0.230. The van der Waals surface area contributed by atoms with Gasteiger partial charge in [0.15, 0.2) is 17.4 Å². The van der Waals surface area contributed by atoms with E-state index in [1.54, 1.807) is 18.8 Å². The Labute approximate surface area is 136 Å². The molecule has 0 radical (unpaired) electrons. The van der Waals surface area contributed by atoms with Gasteiger partial charge in [0.2, 0.25) is 0 Å². The Morgan fingerprint density at radius 3 is 2.64 bits per heavy atom. The molecule has 3 amide bonds. The van der Waals surface area contributed by atoms with Crippen LogP contribution < -0.4 is 5.32 Å². The third-order valence-corrected chi connectivity index (χ3v) is 4.94. The molecule has 1 fully saturated rings. The number of imide groups is 1. The lowest BCUT2D eigenvalue weighted by Gasteiger charge is -2.36. The predicted molar refractivity (Wildman–Crippen MR) is 89.9 cm³/mol. The molecule has 1 saturated heterocycles. The van der Waals surface area contributed by atoms with Gasteiger partial charge in [0, 0.05) is 18.8 Å². The summed E-state index contributed by atoms with van der Waals surface area (Å²) in [5, 5.41) is 3.71. The number of rotatable bonds is 6. The van der Waals surface area contributed by atoms with Crippen LogP contribution in [-0.4, -0.2) is 58.0 Å². The van der Waals surface area contributed by atoms with Gasteiger partial charge >= 0.3 is 6.03 Å². The monoisotopic (exact) mass is 326 g/mol. The largest absolute Gasteiger partial charge is 0.336 e. The molecule has 2 atom stereocenters. The first-order valence-corrected chi connectivity index (χ1v) is 8.92. The molecule has 7 heteroatoms. The van der Waals surface area contributed by atoms with Crippen molar-refractivity contribution in [2.45, 2.75) is 63.9 Å². The van der Waals surface area contributed by atoms with E-state index < -0.39 is 6.17 Å². The van der Waals surface area contributed by atoms with Crippen LogP contribution in [0.1, 0.15) is 46.5 Å². The van der Waals surface area contributed by atoms with Crippen molar-refractivity contribution in [3.8, 4) is 0 Å². The highest BCUT2D eigenvalue weighted by atomic mass is 32.2. The number of thioether (sulfide) groups is 1. The van der Waals surface area contributed by atoms with Crippen LogP contribution in [0.3, 0.4) is 0 Å². The van der Waals surface area contributed by atoms with Crippen LogP contribution in [0, 0.1) is 0 Å². The average Bonchev–Trinajstić information content (AvgIpc) is 2.79. The number of hydrogen-bond acceptors (Lipinski definition) is 5. The van der Waals surface area contributed by atoms with E-state index in [1.165, 1.54) is 17.7 Å². The molecule has 0 aromatic carbocycles. The molecular weight excluding hydrogens is 300 g/mol. The molecule has 2 aliphatic rings. The van der Waals surface area contributed by atoms with Crippen LogP contribution in [0.25, 0.3) is 0 Å². The number of hydrogen-bond donors (Lipinski definition) is 1. The van der Waals surface area contributed by atoms with Crippen LogP contribution in [0.15, 0.2) is 4.99 Å². The molecule has 1 N–H and O–H groups in total. The minimum absolute atomic E-state index is 0.230. The van der Waals surface area contributed by atoms with E-state index >= 15 is 0 Å². The molecule has 2 aliphatic heterocycles. The summed E-state index contributed by atoms with van der Waals surface area (Å²) in [4.78, 5) is 32.3. The van der Waals surface area contributed by atoms with Gasteiger partial charge in [-0.05, 0) is 6.42 Å². The first-order valence-electron chi connectivity index (χ1n) is 8.04. The number of carbonyl (C=O) groups is 2. The SMILES string of the molecule is CCCCCCN1C(SC(C)C)=NC2C1C(=O)NC(=O)N2C. The second-order valence-corrected chi connectivity index (χ2v) is 7.64. The fourth-order valence-corrected chi connectivity index (χ4v) is 3.68. The zero-order valence-electron chi connectivity index (χ0n) is 13.8. The fraction of sp³-hybridized carbons (Fsp3) is 0.800. The molecule has 0 spiro atoms. The number of amidine groups is 1. The van der Waals surface area contributed by atoms with Crippen molar-refractivity contribution >= 4 is 28.9 Å². The topological polar surface area (TPSA) is 65.0 Å². The highest BCUT2D eigenvalue weighted by Crippen LogP contribution is 2.30. The smallest absolute Gasteiger partial charge is 0.325 e. The number of aliphatic imine (C=N–C) groups is 1. The number of carbonyl (C=O) groups excluding carboxylic acids is 2. The van der Waals surface area contributed by atoms with E-state index in [-0.39, 0.29) is 18.0 Å². The maximum atomic E-state index is 12.3. The molecule has 0 bridgehead atoms. The Kier molecular flexibility index (Phi) is 5.72. The van der Waals surface area contributed by atoms with Gasteiger partial charge in [0.25, 0.3) is 5.91 Å². The lowest BCUT2D eigenvalue weighted by Crippen LogP contribution is -2.63. The van der Waals surface area contributed by atoms with Crippen LogP contribution in [-0.2, 0) is 4.79 Å². The van der Waals surface area contributed by atoms with Crippen molar-refractivity contribution in [1.29, 1.82) is 0 Å². The van der Waals surface area contributed by atoms with E-state index in [0.29, 0.717) is 5.25 Å². The van der Waals surface area contributed by atoms with Crippen molar-refractivity contribution < 1.29 is 9.59 Å². The van der Waals surface area contributed by atoms with Gasteiger partial charge in [-0.3, -0.25) is 10.1 Å². The molecule has 0 aromatic rings. The number of nitrogens with zero attached hydrogens (tertiary/aromatic N) is 3. The summed E-state index contributed by atoms with van der Waals surface area (Å²) >= 11 is 1.66. The first kappa shape index (κ1) is 17.1. The normalized spacial score (nSPS) is 24.7. The van der Waals surface area contributed by atoms with Gasteiger partial charge in [0.05, 0.1) is 0 Å². The number of nitrogens with one attached hydrogen (secondary N) is 1. The van der Waals surface area contributed by atoms with Gasteiger partial charge in [-0.25, -0.2) is 9.79 Å². The summed E-state index contributed by atoms with van der Waals surface area (Å²) in [7, 11) is 1.70. The summed E-state index contributed by atoms with van der Waals surface area (Å²) in [6, 6.07) is -0.748. The Morgan fingerprint density at radius 2 is 2.00 bits per heavy atom. The number of amides is 3. The summed E-state index contributed by atoms with van der Waals surface area (Å²) in [6.45, 7) is 7.22. The van der Waals surface area contributed by atoms with E-state index in [0.717, 1.165) is 24.6 Å².